The van der Waals surface area contributed by atoms with E-state index in [1.165, 1.54) is 5.39 Å². The quantitative estimate of drug-likeness (QED) is 0.535. The normalized spacial score (nSPS) is 11.0. The first-order valence-corrected chi connectivity index (χ1v) is 8.12. The van der Waals surface area contributed by atoms with Crippen molar-refractivity contribution < 1.29 is 9.53 Å². The number of hydrogen-bond acceptors (Lipinski definition) is 4. The summed E-state index contributed by atoms with van der Waals surface area (Å²) < 4.78 is 7.11. The topological polar surface area (TPSA) is 57.0 Å². The van der Waals surface area contributed by atoms with Crippen LogP contribution in [0.1, 0.15) is 34.5 Å². The molecule has 0 amide bonds. The Morgan fingerprint density at radius 1 is 1.29 bits per heavy atom. The number of carbonyl (C=O) groups is 1. The van der Waals surface area contributed by atoms with E-state index >= 15 is 0 Å². The zero-order valence-corrected chi connectivity index (χ0v) is 14.6. The van der Waals surface area contributed by atoms with Crippen molar-refractivity contribution >= 4 is 28.5 Å². The minimum atomic E-state index is -0.490. The van der Waals surface area contributed by atoms with Crippen LogP contribution >= 0.6 is 11.6 Å². The SMILES string of the molecule is CCOC(=O)c1c(C)nc(Cc2cc3ccccc3n2C)nc1Cl. The van der Waals surface area contributed by atoms with Crippen molar-refractivity contribution in [3.63, 3.8) is 0 Å². The highest BCUT2D eigenvalue weighted by Crippen LogP contribution is 2.22. The van der Waals surface area contributed by atoms with Gasteiger partial charge in [0.2, 0.25) is 0 Å². The highest BCUT2D eigenvalue weighted by Gasteiger charge is 2.19. The molecule has 0 saturated carbocycles. The van der Waals surface area contributed by atoms with E-state index in [0.717, 1.165) is 11.2 Å². The second kappa shape index (κ2) is 6.61. The smallest absolute Gasteiger partial charge is 0.343 e. The number of para-hydroxylation sites is 1. The minimum absolute atomic E-state index is 0.134. The molecule has 6 heteroatoms. The molecule has 2 heterocycles. The Labute approximate surface area is 145 Å². The largest absolute Gasteiger partial charge is 0.462 e. The molecule has 0 atom stereocenters. The fourth-order valence-electron chi connectivity index (χ4n) is 2.78. The zero-order valence-electron chi connectivity index (χ0n) is 13.8. The second-order valence-electron chi connectivity index (χ2n) is 5.54. The Bertz CT molecular complexity index is 895. The monoisotopic (exact) mass is 343 g/mol. The highest BCUT2D eigenvalue weighted by molar-refractivity contribution is 6.32. The van der Waals surface area contributed by atoms with Crippen molar-refractivity contribution in [2.24, 2.45) is 7.05 Å². The van der Waals surface area contributed by atoms with Crippen molar-refractivity contribution in [2.45, 2.75) is 20.3 Å². The molecule has 0 aliphatic carbocycles. The van der Waals surface area contributed by atoms with Crippen LogP contribution in [0.4, 0.5) is 0 Å². The van der Waals surface area contributed by atoms with E-state index in [1.54, 1.807) is 13.8 Å². The summed E-state index contributed by atoms with van der Waals surface area (Å²) in [7, 11) is 2.01. The number of hydrogen-bond donors (Lipinski definition) is 0. The summed E-state index contributed by atoms with van der Waals surface area (Å²) >= 11 is 6.19. The number of aryl methyl sites for hydroxylation is 2. The molecular weight excluding hydrogens is 326 g/mol. The van der Waals surface area contributed by atoms with Crippen molar-refractivity contribution in [1.82, 2.24) is 14.5 Å². The average molecular weight is 344 g/mol. The molecule has 0 aliphatic heterocycles. The molecule has 2 aromatic heterocycles. The Morgan fingerprint density at radius 3 is 2.71 bits per heavy atom. The van der Waals surface area contributed by atoms with E-state index < -0.39 is 5.97 Å². The van der Waals surface area contributed by atoms with Gasteiger partial charge >= 0.3 is 5.97 Å². The Morgan fingerprint density at radius 2 is 2.04 bits per heavy atom. The number of halogens is 1. The Balaban J connectivity index is 1.95. The van der Waals surface area contributed by atoms with Gasteiger partial charge in [0.05, 0.1) is 12.3 Å². The maximum absolute atomic E-state index is 11.9. The maximum atomic E-state index is 11.9. The van der Waals surface area contributed by atoms with E-state index in [1.807, 2.05) is 19.2 Å². The van der Waals surface area contributed by atoms with Gasteiger partial charge in [0.15, 0.2) is 0 Å². The van der Waals surface area contributed by atoms with Crippen LogP contribution in [0.15, 0.2) is 30.3 Å². The van der Waals surface area contributed by atoms with Crippen LogP contribution < -0.4 is 0 Å². The number of carbonyl (C=O) groups excluding carboxylic acids is 1. The van der Waals surface area contributed by atoms with Gasteiger partial charge in [0, 0.05) is 24.7 Å². The third-order valence-electron chi connectivity index (χ3n) is 3.96. The zero-order chi connectivity index (χ0) is 17.3. The standard InChI is InChI=1S/C18H18ClN3O2/c1-4-24-18(23)16-11(2)20-15(21-17(16)19)10-13-9-12-7-5-6-8-14(12)22(13)3/h5-9H,4,10H2,1-3H3. The third kappa shape index (κ3) is 2.99. The van der Waals surface area contributed by atoms with Gasteiger partial charge in [0.25, 0.3) is 0 Å². The fraction of sp³-hybridized carbons (Fsp3) is 0.278. The van der Waals surface area contributed by atoms with Crippen LogP contribution in [-0.4, -0.2) is 27.1 Å². The van der Waals surface area contributed by atoms with E-state index in [4.69, 9.17) is 16.3 Å². The molecule has 1 aromatic carbocycles. The summed E-state index contributed by atoms with van der Waals surface area (Å²) in [4.78, 5) is 20.7. The molecule has 0 N–H and O–H groups in total. The first-order chi connectivity index (χ1) is 11.5. The predicted octanol–water partition coefficient (Wildman–Crippen LogP) is 3.70. The molecule has 0 spiro atoms. The second-order valence-corrected chi connectivity index (χ2v) is 5.90. The van der Waals surface area contributed by atoms with E-state index in [-0.39, 0.29) is 17.3 Å². The minimum Gasteiger partial charge on any atom is -0.462 e. The third-order valence-corrected chi connectivity index (χ3v) is 4.24. The molecule has 3 aromatic rings. The van der Waals surface area contributed by atoms with E-state index in [9.17, 15) is 4.79 Å². The van der Waals surface area contributed by atoms with Gasteiger partial charge in [-0.3, -0.25) is 0 Å². The van der Waals surface area contributed by atoms with Gasteiger partial charge in [-0.2, -0.15) is 0 Å². The van der Waals surface area contributed by atoms with Crippen LogP contribution in [0.3, 0.4) is 0 Å². The van der Waals surface area contributed by atoms with Crippen molar-refractivity contribution in [2.75, 3.05) is 6.61 Å². The lowest BCUT2D eigenvalue weighted by atomic mass is 10.2. The highest BCUT2D eigenvalue weighted by atomic mass is 35.5. The molecule has 0 aliphatic rings. The van der Waals surface area contributed by atoms with Gasteiger partial charge in [-0.25, -0.2) is 14.8 Å². The summed E-state index contributed by atoms with van der Waals surface area (Å²) in [6.45, 7) is 3.77. The number of fused-ring (bicyclic) bond motifs is 1. The lowest BCUT2D eigenvalue weighted by Gasteiger charge is -2.09. The van der Waals surface area contributed by atoms with Crippen LogP contribution in [0.5, 0.6) is 0 Å². The van der Waals surface area contributed by atoms with Crippen LogP contribution in [0.2, 0.25) is 5.15 Å². The molecular formula is C18H18ClN3O2. The Hall–Kier alpha value is -2.40. The lowest BCUT2D eigenvalue weighted by molar-refractivity contribution is 0.0524. The van der Waals surface area contributed by atoms with Crippen LogP contribution in [0.25, 0.3) is 10.9 Å². The van der Waals surface area contributed by atoms with Crippen LogP contribution in [-0.2, 0) is 18.2 Å². The molecule has 3 rings (SSSR count). The molecule has 0 radical (unpaired) electrons. The number of esters is 1. The van der Waals surface area contributed by atoms with Crippen LogP contribution in [0, 0.1) is 6.92 Å². The molecule has 0 fully saturated rings. The van der Waals surface area contributed by atoms with Gasteiger partial charge < -0.3 is 9.30 Å². The lowest BCUT2D eigenvalue weighted by Crippen LogP contribution is -2.12. The molecule has 0 bridgehead atoms. The van der Waals surface area contributed by atoms with E-state index in [0.29, 0.717) is 17.9 Å². The predicted molar refractivity (Wildman–Crippen MR) is 93.5 cm³/mol. The summed E-state index contributed by atoms with van der Waals surface area (Å²) in [6.07, 6.45) is 0.537. The number of aromatic nitrogens is 3. The molecule has 124 valence electrons. The molecule has 24 heavy (non-hydrogen) atoms. The summed E-state index contributed by atoms with van der Waals surface area (Å²) in [5.74, 6) is 0.0904. The van der Waals surface area contributed by atoms with Gasteiger partial charge in [-0.15, -0.1) is 0 Å². The Kier molecular flexibility index (Phi) is 4.53. The van der Waals surface area contributed by atoms with E-state index in [2.05, 4.69) is 32.7 Å². The van der Waals surface area contributed by atoms with Crippen molar-refractivity contribution in [3.05, 3.63) is 58.3 Å². The summed E-state index contributed by atoms with van der Waals surface area (Å²) in [5, 5.41) is 1.30. The number of rotatable bonds is 4. The first kappa shape index (κ1) is 16.5. The van der Waals surface area contributed by atoms with Crippen molar-refractivity contribution in [3.8, 4) is 0 Å². The number of ether oxygens (including phenoxy) is 1. The molecule has 0 unspecified atom stereocenters. The molecule has 5 nitrogen and oxygen atoms in total. The van der Waals surface area contributed by atoms with Crippen molar-refractivity contribution in [1.29, 1.82) is 0 Å². The number of nitrogens with zero attached hydrogens (tertiary/aromatic N) is 3. The van der Waals surface area contributed by atoms with Gasteiger partial charge in [0.1, 0.15) is 16.5 Å². The maximum Gasteiger partial charge on any atom is 0.343 e. The van der Waals surface area contributed by atoms with Gasteiger partial charge in [-0.1, -0.05) is 29.8 Å². The van der Waals surface area contributed by atoms with Gasteiger partial charge in [-0.05, 0) is 31.4 Å². The fourth-order valence-corrected chi connectivity index (χ4v) is 3.10. The summed E-state index contributed by atoms with van der Waals surface area (Å²) in [6, 6.07) is 10.3. The number of benzene rings is 1. The first-order valence-electron chi connectivity index (χ1n) is 7.74. The average Bonchev–Trinajstić information content (AvgIpc) is 2.83. The molecule has 0 saturated heterocycles. The summed E-state index contributed by atoms with van der Waals surface area (Å²) in [5.41, 5.74) is 3.00.